The van der Waals surface area contributed by atoms with Crippen molar-refractivity contribution < 1.29 is 19.5 Å². The van der Waals surface area contributed by atoms with Gasteiger partial charge in [0, 0.05) is 73.2 Å². The van der Waals surface area contributed by atoms with E-state index < -0.39 is 6.23 Å². The highest BCUT2D eigenvalue weighted by Gasteiger charge is 2.39. The minimum absolute atomic E-state index is 0.0798. The molecule has 1 saturated heterocycles. The number of carbonyl (C=O) groups is 3. The molecule has 1 atom stereocenters. The molecule has 5 heterocycles. The van der Waals surface area contributed by atoms with Crippen LogP contribution in [0.2, 0.25) is 0 Å². The summed E-state index contributed by atoms with van der Waals surface area (Å²) >= 11 is 1.49. The number of aryl methyl sites for hydroxylation is 2. The van der Waals surface area contributed by atoms with Gasteiger partial charge in [0.2, 0.25) is 11.9 Å². The summed E-state index contributed by atoms with van der Waals surface area (Å²) in [7, 11) is 0. The number of fused-ring (bicyclic) bond motifs is 1. The van der Waals surface area contributed by atoms with Gasteiger partial charge in [0.05, 0.1) is 29.7 Å². The number of nitrogens with one attached hydrogen (secondary N) is 4. The van der Waals surface area contributed by atoms with Crippen molar-refractivity contribution >= 4 is 68.6 Å². The molecule has 15 nitrogen and oxygen atoms in total. The van der Waals surface area contributed by atoms with Crippen molar-refractivity contribution in [3.63, 3.8) is 0 Å². The third kappa shape index (κ3) is 11.8. The fraction of sp³-hybridized carbons (Fsp3) is 0.511. The number of carbonyl (C=O) groups excluding carboxylic acids is 3. The largest absolute Gasteiger partial charge is 0.384 e. The van der Waals surface area contributed by atoms with Crippen LogP contribution < -0.4 is 31.1 Å². The molecule has 16 heteroatoms. The second-order valence-corrected chi connectivity index (χ2v) is 18.1. The molecule has 1 aliphatic carbocycles. The number of aromatic nitrogens is 4. The molecule has 1 aromatic carbocycles. The van der Waals surface area contributed by atoms with Crippen LogP contribution in [0.25, 0.3) is 5.57 Å². The first-order valence-corrected chi connectivity index (χ1v) is 23.5. The van der Waals surface area contributed by atoms with Crippen LogP contribution in [0.15, 0.2) is 54.4 Å². The van der Waals surface area contributed by atoms with Gasteiger partial charge in [-0.3, -0.25) is 24.6 Å². The maximum atomic E-state index is 12.9. The standard InChI is InChI=1S/C47H63N11O4S/c1-31-38-29-51-46(54-43(38)58(35-16-10-11-17-35)45(62)42(31)33(3)59)53-40-21-20-36(28-50-40)57-26-24-56(25-27-57)30-41(60)49-23-15-9-7-5-6-8-14-22-48-39-19-13-12-18-37(39)44(61)55-47-52-32(2)34(4)63-47/h12-13,18-21,28-29,35,45,48,62H,5-11,14-17,22-27,30H2,1-4H3,(H,49,60)(H,52,55,61)(H,50,51,53,54). The Balaban J connectivity index is 0.748. The van der Waals surface area contributed by atoms with Crippen molar-refractivity contribution in [1.82, 2.24) is 30.2 Å². The minimum Gasteiger partial charge on any atom is -0.384 e. The maximum absolute atomic E-state index is 12.9. The number of hydrogen-bond donors (Lipinski definition) is 5. The van der Waals surface area contributed by atoms with Gasteiger partial charge in [-0.05, 0) is 83.2 Å². The van der Waals surface area contributed by atoms with E-state index in [4.69, 9.17) is 4.98 Å². The molecule has 2 aliphatic heterocycles. The van der Waals surface area contributed by atoms with Crippen LogP contribution in [0.4, 0.5) is 34.1 Å². The normalized spacial score (nSPS) is 16.9. The third-order valence-electron chi connectivity index (χ3n) is 12.4. The van der Waals surface area contributed by atoms with E-state index in [2.05, 4.69) is 46.0 Å². The molecular weight excluding hydrogens is 815 g/mol. The number of para-hydroxylation sites is 1. The second-order valence-electron chi connectivity index (χ2n) is 16.9. The molecule has 2 fully saturated rings. The zero-order valence-electron chi connectivity index (χ0n) is 37.2. The van der Waals surface area contributed by atoms with Crippen molar-refractivity contribution in [3.05, 3.63) is 76.1 Å². The summed E-state index contributed by atoms with van der Waals surface area (Å²) in [6, 6.07) is 11.7. The van der Waals surface area contributed by atoms with Crippen molar-refractivity contribution in [1.29, 1.82) is 0 Å². The number of anilines is 6. The van der Waals surface area contributed by atoms with Gasteiger partial charge < -0.3 is 30.9 Å². The van der Waals surface area contributed by atoms with Gasteiger partial charge in [0.15, 0.2) is 17.1 Å². The third-order valence-corrected chi connectivity index (χ3v) is 13.4. The SMILES string of the molecule is CC(=O)C1=C(C)c2cnc(Nc3ccc(N4CCN(CC(=O)NCCCCCCCCCNc5ccccc5C(=O)Nc5nc(C)c(C)s5)CC4)cn3)nc2N(C2CCCC2)C1O. The lowest BCUT2D eigenvalue weighted by atomic mass is 9.93. The Morgan fingerprint density at radius 1 is 0.841 bits per heavy atom. The Morgan fingerprint density at radius 2 is 1.56 bits per heavy atom. The lowest BCUT2D eigenvalue weighted by Gasteiger charge is -2.40. The summed E-state index contributed by atoms with van der Waals surface area (Å²) in [5.74, 6) is 1.42. The monoisotopic (exact) mass is 877 g/mol. The summed E-state index contributed by atoms with van der Waals surface area (Å²) in [5.41, 5.74) is 5.31. The number of hydrogen-bond acceptors (Lipinski definition) is 14. The molecule has 3 aliphatic rings. The number of unbranched alkanes of at least 4 members (excludes halogenated alkanes) is 6. The number of aliphatic hydroxyl groups is 1. The Bertz CT molecular complexity index is 2210. The zero-order valence-corrected chi connectivity index (χ0v) is 38.0. The van der Waals surface area contributed by atoms with Crippen LogP contribution in [-0.2, 0) is 9.59 Å². The van der Waals surface area contributed by atoms with Crippen LogP contribution in [0.5, 0.6) is 0 Å². The molecule has 63 heavy (non-hydrogen) atoms. The quantitative estimate of drug-likeness (QED) is 0.0553. The number of piperazine rings is 1. The first-order valence-electron chi connectivity index (χ1n) is 22.7. The Hall–Kier alpha value is -5.45. The second kappa shape index (κ2) is 21.8. The van der Waals surface area contributed by atoms with Gasteiger partial charge in [0.25, 0.3) is 5.91 Å². The lowest BCUT2D eigenvalue weighted by molar-refractivity contribution is -0.122. The number of allylic oxidation sites excluding steroid dienone is 1. The zero-order chi connectivity index (χ0) is 44.3. The predicted octanol–water partition coefficient (Wildman–Crippen LogP) is 7.47. The van der Waals surface area contributed by atoms with Crippen molar-refractivity contribution in [2.45, 2.75) is 111 Å². The molecule has 2 amide bonds. The summed E-state index contributed by atoms with van der Waals surface area (Å²) in [4.78, 5) is 64.1. The highest BCUT2D eigenvalue weighted by atomic mass is 32.1. The average molecular weight is 878 g/mol. The van der Waals surface area contributed by atoms with Crippen LogP contribution in [0, 0.1) is 13.8 Å². The van der Waals surface area contributed by atoms with E-state index in [1.54, 1.807) is 6.20 Å². The Labute approximate surface area is 375 Å². The summed E-state index contributed by atoms with van der Waals surface area (Å²) in [6.07, 6.45) is 14.3. The first-order chi connectivity index (χ1) is 30.5. The number of pyridine rings is 1. The molecular formula is C47H63N11O4S. The van der Waals surface area contributed by atoms with Gasteiger partial charge in [-0.2, -0.15) is 4.98 Å². The smallest absolute Gasteiger partial charge is 0.259 e. The van der Waals surface area contributed by atoms with E-state index in [1.807, 2.05) is 68.3 Å². The predicted molar refractivity (Wildman–Crippen MR) is 252 cm³/mol. The van der Waals surface area contributed by atoms with Gasteiger partial charge in [0.1, 0.15) is 11.6 Å². The minimum atomic E-state index is -1.03. The van der Waals surface area contributed by atoms with E-state index in [9.17, 15) is 19.5 Å². The molecule has 336 valence electrons. The number of aliphatic hydroxyl groups excluding tert-OH is 1. The Kier molecular flexibility index (Phi) is 15.7. The van der Waals surface area contributed by atoms with Crippen LogP contribution >= 0.6 is 11.3 Å². The average Bonchev–Trinajstić information content (AvgIpc) is 3.92. The lowest BCUT2D eigenvalue weighted by Crippen LogP contribution is -2.49. The van der Waals surface area contributed by atoms with Gasteiger partial charge in [-0.25, -0.2) is 15.0 Å². The molecule has 1 unspecified atom stereocenters. The van der Waals surface area contributed by atoms with Crippen LogP contribution in [0.1, 0.15) is 111 Å². The molecule has 0 radical (unpaired) electrons. The Morgan fingerprint density at radius 3 is 2.24 bits per heavy atom. The first kappa shape index (κ1) is 45.6. The summed E-state index contributed by atoms with van der Waals surface area (Å²) < 4.78 is 0. The van der Waals surface area contributed by atoms with E-state index in [0.29, 0.717) is 52.5 Å². The fourth-order valence-electron chi connectivity index (χ4n) is 8.78. The van der Waals surface area contributed by atoms with Crippen LogP contribution in [0.3, 0.4) is 0 Å². The molecule has 3 aromatic heterocycles. The highest BCUT2D eigenvalue weighted by molar-refractivity contribution is 7.15. The molecule has 1 saturated carbocycles. The van der Waals surface area contributed by atoms with Crippen molar-refractivity contribution in [2.24, 2.45) is 0 Å². The number of nitrogens with zero attached hydrogens (tertiary/aromatic N) is 7. The highest BCUT2D eigenvalue weighted by Crippen LogP contribution is 2.41. The van der Waals surface area contributed by atoms with Crippen molar-refractivity contribution in [3.8, 4) is 0 Å². The molecule has 7 rings (SSSR count). The molecule has 0 spiro atoms. The number of benzene rings is 1. The van der Waals surface area contributed by atoms with E-state index in [-0.39, 0.29) is 23.6 Å². The molecule has 5 N–H and O–H groups in total. The fourth-order valence-corrected chi connectivity index (χ4v) is 9.59. The summed E-state index contributed by atoms with van der Waals surface area (Å²) in [6.45, 7) is 12.4. The van der Waals surface area contributed by atoms with Crippen molar-refractivity contribution in [2.75, 3.05) is 71.6 Å². The molecule has 4 aromatic rings. The number of Topliss-reactive ketones (excluding diaryl/α,β-unsaturated/α-hetero) is 1. The van der Waals surface area contributed by atoms with Gasteiger partial charge in [-0.15, -0.1) is 11.3 Å². The topological polar surface area (TPSA) is 181 Å². The molecule has 0 bridgehead atoms. The van der Waals surface area contributed by atoms with E-state index >= 15 is 0 Å². The maximum Gasteiger partial charge on any atom is 0.259 e. The number of ketones is 1. The van der Waals surface area contributed by atoms with Gasteiger partial charge in [-0.1, -0.05) is 57.1 Å². The van der Waals surface area contributed by atoms with E-state index in [0.717, 1.165) is 118 Å². The van der Waals surface area contributed by atoms with Crippen LogP contribution in [-0.4, -0.2) is 106 Å². The van der Waals surface area contributed by atoms with E-state index in [1.165, 1.54) is 31.1 Å². The van der Waals surface area contributed by atoms with Gasteiger partial charge >= 0.3 is 0 Å². The number of amides is 2. The number of rotatable bonds is 20. The number of thiazole rings is 1. The summed E-state index contributed by atoms with van der Waals surface area (Å²) in [5, 5.41) is 24.7.